The van der Waals surface area contributed by atoms with E-state index in [-0.39, 0.29) is 5.91 Å². The Morgan fingerprint density at radius 1 is 1.10 bits per heavy atom. The molecule has 0 spiro atoms. The van der Waals surface area contributed by atoms with Crippen LogP contribution in [0, 0.1) is 18.8 Å². The molecule has 7 heteroatoms. The zero-order chi connectivity index (χ0) is 21.8. The van der Waals surface area contributed by atoms with Crippen molar-refractivity contribution in [2.75, 3.05) is 32.7 Å². The highest BCUT2D eigenvalue weighted by molar-refractivity contribution is 5.78. The third kappa shape index (κ3) is 5.71. The van der Waals surface area contributed by atoms with Crippen molar-refractivity contribution in [3.8, 4) is 11.4 Å². The maximum absolute atomic E-state index is 12.6. The molecule has 7 nitrogen and oxygen atoms in total. The van der Waals surface area contributed by atoms with Crippen LogP contribution in [0.15, 0.2) is 28.8 Å². The van der Waals surface area contributed by atoms with Crippen molar-refractivity contribution in [1.29, 1.82) is 0 Å². The molecule has 1 aromatic heterocycles. The number of nitrogens with one attached hydrogen (secondary N) is 1. The fourth-order valence-electron chi connectivity index (χ4n) is 4.68. The lowest BCUT2D eigenvalue weighted by Gasteiger charge is -2.36. The van der Waals surface area contributed by atoms with Gasteiger partial charge in [-0.25, -0.2) is 0 Å². The number of aryl methyl sites for hydroxylation is 1. The molecule has 1 aliphatic heterocycles. The number of carbonyl (C=O) groups is 1. The average molecular weight is 426 g/mol. The van der Waals surface area contributed by atoms with E-state index in [9.17, 15) is 4.79 Å². The summed E-state index contributed by atoms with van der Waals surface area (Å²) in [4.78, 5) is 21.7. The van der Waals surface area contributed by atoms with Gasteiger partial charge in [-0.1, -0.05) is 61.7 Å². The van der Waals surface area contributed by atoms with Gasteiger partial charge >= 0.3 is 0 Å². The number of hydrogen-bond donors (Lipinski definition) is 1. The average Bonchev–Trinajstić information content (AvgIpc) is 3.22. The fraction of sp³-hybridized carbons (Fsp3) is 0.625. The molecule has 1 amide bonds. The first-order chi connectivity index (χ1) is 15.0. The molecule has 1 N–H and O–H groups in total. The van der Waals surface area contributed by atoms with E-state index in [0.717, 1.165) is 38.2 Å². The molecule has 2 fully saturated rings. The van der Waals surface area contributed by atoms with Gasteiger partial charge in [-0.15, -0.1) is 0 Å². The van der Waals surface area contributed by atoms with E-state index in [1.54, 1.807) is 0 Å². The van der Waals surface area contributed by atoms with Crippen LogP contribution in [0.2, 0.25) is 0 Å². The molecule has 2 aliphatic rings. The van der Waals surface area contributed by atoms with Gasteiger partial charge in [-0.05, 0) is 25.2 Å². The lowest BCUT2D eigenvalue weighted by Crippen LogP contribution is -2.51. The Hall–Kier alpha value is -2.25. The highest BCUT2D eigenvalue weighted by Gasteiger charge is 2.29. The van der Waals surface area contributed by atoms with Crippen LogP contribution < -0.4 is 5.32 Å². The normalized spacial score (nSPS) is 25.5. The topological polar surface area (TPSA) is 74.5 Å². The number of carbonyl (C=O) groups excluding carboxylic acids is 1. The number of amides is 1. The summed E-state index contributed by atoms with van der Waals surface area (Å²) >= 11 is 0. The monoisotopic (exact) mass is 425 g/mol. The molecule has 2 aromatic rings. The molecule has 0 radical (unpaired) electrons. The number of benzene rings is 1. The minimum absolute atomic E-state index is 0.166. The van der Waals surface area contributed by atoms with Crippen molar-refractivity contribution in [3.63, 3.8) is 0 Å². The molecule has 2 heterocycles. The second-order valence-electron chi connectivity index (χ2n) is 9.37. The minimum atomic E-state index is 0.166. The Labute approximate surface area is 185 Å². The van der Waals surface area contributed by atoms with E-state index in [0.29, 0.717) is 42.7 Å². The van der Waals surface area contributed by atoms with E-state index >= 15 is 0 Å². The molecular weight excluding hydrogens is 390 g/mol. The highest BCUT2D eigenvalue weighted by Crippen LogP contribution is 2.29. The molecule has 1 saturated heterocycles. The molecule has 1 aromatic carbocycles. The summed E-state index contributed by atoms with van der Waals surface area (Å²) in [6, 6.07) is 8.47. The van der Waals surface area contributed by atoms with Crippen LogP contribution in [0.25, 0.3) is 11.4 Å². The van der Waals surface area contributed by atoms with Gasteiger partial charge in [0, 0.05) is 37.8 Å². The standard InChI is InChI=1S/C24H35N5O2/c1-17-7-9-20(10-8-17)24-26-23(31-27-24)16-29-13-11-28(12-14-29)15-22(30)25-21-6-4-5-18(2)19(21)3/h7-10,18-19,21H,4-6,11-16H2,1-3H3,(H,25,30). The number of hydrogen-bond acceptors (Lipinski definition) is 6. The number of nitrogens with zero attached hydrogens (tertiary/aromatic N) is 4. The maximum Gasteiger partial charge on any atom is 0.241 e. The molecule has 1 saturated carbocycles. The SMILES string of the molecule is Cc1ccc(-c2noc(CN3CCN(CC(=O)NC4CCCC(C)C4C)CC3)n2)cc1. The fourth-order valence-corrected chi connectivity index (χ4v) is 4.68. The Bertz CT molecular complexity index is 857. The lowest BCUT2D eigenvalue weighted by molar-refractivity contribution is -0.124. The Kier molecular flexibility index (Phi) is 7.02. The Morgan fingerprint density at radius 2 is 1.81 bits per heavy atom. The summed E-state index contributed by atoms with van der Waals surface area (Å²) in [6.45, 7) is 11.3. The van der Waals surface area contributed by atoms with Crippen LogP contribution in [-0.4, -0.2) is 64.6 Å². The van der Waals surface area contributed by atoms with Crippen molar-refractivity contribution in [1.82, 2.24) is 25.3 Å². The van der Waals surface area contributed by atoms with Crippen LogP contribution in [0.1, 0.15) is 44.6 Å². The quantitative estimate of drug-likeness (QED) is 0.767. The van der Waals surface area contributed by atoms with Crippen molar-refractivity contribution in [2.45, 2.75) is 52.6 Å². The van der Waals surface area contributed by atoms with Gasteiger partial charge in [0.15, 0.2) is 0 Å². The first kappa shape index (κ1) is 22.0. The van der Waals surface area contributed by atoms with Crippen molar-refractivity contribution < 1.29 is 9.32 Å². The predicted octanol–water partition coefficient (Wildman–Crippen LogP) is 3.10. The van der Waals surface area contributed by atoms with E-state index in [2.05, 4.69) is 58.2 Å². The highest BCUT2D eigenvalue weighted by atomic mass is 16.5. The zero-order valence-electron chi connectivity index (χ0n) is 19.0. The van der Waals surface area contributed by atoms with E-state index < -0.39 is 0 Å². The van der Waals surface area contributed by atoms with Crippen molar-refractivity contribution in [3.05, 3.63) is 35.7 Å². The number of aromatic nitrogens is 2. The van der Waals surface area contributed by atoms with E-state index in [4.69, 9.17) is 4.52 Å². The van der Waals surface area contributed by atoms with Crippen molar-refractivity contribution in [2.24, 2.45) is 11.8 Å². The van der Waals surface area contributed by atoms with Crippen LogP contribution in [0.5, 0.6) is 0 Å². The van der Waals surface area contributed by atoms with Crippen LogP contribution in [-0.2, 0) is 11.3 Å². The smallest absolute Gasteiger partial charge is 0.241 e. The maximum atomic E-state index is 12.6. The van der Waals surface area contributed by atoms with Crippen molar-refractivity contribution >= 4 is 5.91 Å². The number of rotatable bonds is 6. The molecule has 31 heavy (non-hydrogen) atoms. The van der Waals surface area contributed by atoms with E-state index in [1.807, 2.05) is 12.1 Å². The molecule has 1 aliphatic carbocycles. The molecule has 3 unspecified atom stereocenters. The second kappa shape index (κ2) is 9.92. The first-order valence-electron chi connectivity index (χ1n) is 11.6. The summed E-state index contributed by atoms with van der Waals surface area (Å²) in [6.07, 6.45) is 3.61. The predicted molar refractivity (Wildman–Crippen MR) is 120 cm³/mol. The zero-order valence-corrected chi connectivity index (χ0v) is 19.0. The lowest BCUT2D eigenvalue weighted by atomic mass is 9.78. The Morgan fingerprint density at radius 3 is 2.55 bits per heavy atom. The summed E-state index contributed by atoms with van der Waals surface area (Å²) in [7, 11) is 0. The van der Waals surface area contributed by atoms with Crippen LogP contribution in [0.4, 0.5) is 0 Å². The first-order valence-corrected chi connectivity index (χ1v) is 11.6. The largest absolute Gasteiger partial charge is 0.352 e. The van der Waals surface area contributed by atoms with Gasteiger partial charge in [0.25, 0.3) is 0 Å². The van der Waals surface area contributed by atoms with Crippen LogP contribution in [0.3, 0.4) is 0 Å². The molecule has 0 bridgehead atoms. The second-order valence-corrected chi connectivity index (χ2v) is 9.37. The third-order valence-electron chi connectivity index (χ3n) is 7.02. The molecular formula is C24H35N5O2. The van der Waals surface area contributed by atoms with Gasteiger partial charge in [0.1, 0.15) is 0 Å². The summed E-state index contributed by atoms with van der Waals surface area (Å²) in [5.74, 6) is 2.70. The third-order valence-corrected chi connectivity index (χ3v) is 7.02. The van der Waals surface area contributed by atoms with Crippen LogP contribution >= 0.6 is 0 Å². The van der Waals surface area contributed by atoms with Gasteiger partial charge in [0.2, 0.25) is 17.6 Å². The minimum Gasteiger partial charge on any atom is -0.352 e. The summed E-state index contributed by atoms with van der Waals surface area (Å²) in [5, 5.41) is 7.42. The molecule has 4 rings (SSSR count). The van der Waals surface area contributed by atoms with Gasteiger partial charge in [-0.2, -0.15) is 4.98 Å². The summed E-state index contributed by atoms with van der Waals surface area (Å²) in [5.41, 5.74) is 2.18. The van der Waals surface area contributed by atoms with E-state index in [1.165, 1.54) is 18.4 Å². The van der Waals surface area contributed by atoms with Gasteiger partial charge in [-0.3, -0.25) is 14.6 Å². The molecule has 168 valence electrons. The molecule has 3 atom stereocenters. The van der Waals surface area contributed by atoms with Gasteiger partial charge in [0.05, 0.1) is 13.1 Å². The van der Waals surface area contributed by atoms with Gasteiger partial charge < -0.3 is 9.84 Å². The Balaban J connectivity index is 1.21. The number of piperazine rings is 1. The summed E-state index contributed by atoms with van der Waals surface area (Å²) < 4.78 is 5.47.